The molecule has 0 N–H and O–H groups in total. The molecule has 0 unspecified atom stereocenters. The SMILES string of the molecule is CCOC(=O)CCCCCCC(=O)/C=C/[C@H]1CCC2(OCCO2)[C@@H]1C. The molecule has 1 heterocycles. The maximum atomic E-state index is 12.0. The lowest BCUT2D eigenvalue weighted by Gasteiger charge is -2.28. The second-order valence-electron chi connectivity index (χ2n) is 7.04. The zero-order valence-corrected chi connectivity index (χ0v) is 15.6. The summed E-state index contributed by atoms with van der Waals surface area (Å²) in [4.78, 5) is 23.2. The normalized spacial score (nSPS) is 25.0. The zero-order chi connectivity index (χ0) is 18.1. The molecule has 0 amide bonds. The minimum absolute atomic E-state index is 0.125. The molecule has 2 fully saturated rings. The van der Waals surface area contributed by atoms with Gasteiger partial charge in [-0.05, 0) is 38.2 Å². The monoisotopic (exact) mass is 352 g/mol. The first-order chi connectivity index (χ1) is 12.1. The smallest absolute Gasteiger partial charge is 0.305 e. The van der Waals surface area contributed by atoms with Crippen molar-refractivity contribution >= 4 is 11.8 Å². The fourth-order valence-corrected chi connectivity index (χ4v) is 3.78. The summed E-state index contributed by atoms with van der Waals surface area (Å²) in [5.74, 6) is 0.303. The van der Waals surface area contributed by atoms with Gasteiger partial charge in [-0.15, -0.1) is 0 Å². The van der Waals surface area contributed by atoms with Gasteiger partial charge in [0.1, 0.15) is 0 Å². The summed E-state index contributed by atoms with van der Waals surface area (Å²) in [5.41, 5.74) is 0. The van der Waals surface area contributed by atoms with Crippen LogP contribution in [0.4, 0.5) is 0 Å². The van der Waals surface area contributed by atoms with Gasteiger partial charge < -0.3 is 14.2 Å². The predicted molar refractivity (Wildman–Crippen MR) is 95.0 cm³/mol. The lowest BCUT2D eigenvalue weighted by Crippen LogP contribution is -2.34. The van der Waals surface area contributed by atoms with E-state index < -0.39 is 5.79 Å². The first kappa shape index (κ1) is 20.1. The van der Waals surface area contributed by atoms with Gasteiger partial charge in [0.15, 0.2) is 11.6 Å². The van der Waals surface area contributed by atoms with Crippen molar-refractivity contribution in [2.75, 3.05) is 19.8 Å². The summed E-state index contributed by atoms with van der Waals surface area (Å²) in [5, 5.41) is 0. The number of hydrogen-bond acceptors (Lipinski definition) is 5. The molecule has 0 radical (unpaired) electrons. The van der Waals surface area contributed by atoms with Crippen molar-refractivity contribution in [2.24, 2.45) is 11.8 Å². The van der Waals surface area contributed by atoms with E-state index in [2.05, 4.69) is 6.92 Å². The van der Waals surface area contributed by atoms with Crippen LogP contribution in [0.3, 0.4) is 0 Å². The Hall–Kier alpha value is -1.20. The average molecular weight is 352 g/mol. The van der Waals surface area contributed by atoms with Gasteiger partial charge in [0.05, 0.1) is 19.8 Å². The Balaban J connectivity index is 1.58. The molecule has 0 aromatic carbocycles. The fraction of sp³-hybridized carbons (Fsp3) is 0.800. The van der Waals surface area contributed by atoms with E-state index in [1.165, 1.54) is 0 Å². The summed E-state index contributed by atoms with van der Waals surface area (Å²) in [7, 11) is 0. The van der Waals surface area contributed by atoms with E-state index >= 15 is 0 Å². The highest BCUT2D eigenvalue weighted by atomic mass is 16.7. The minimum Gasteiger partial charge on any atom is -0.466 e. The van der Waals surface area contributed by atoms with Crippen molar-refractivity contribution in [3.63, 3.8) is 0 Å². The summed E-state index contributed by atoms with van der Waals surface area (Å²) in [6.45, 7) is 5.77. The van der Waals surface area contributed by atoms with Gasteiger partial charge in [0, 0.05) is 25.2 Å². The molecule has 1 saturated carbocycles. The first-order valence-corrected chi connectivity index (χ1v) is 9.72. The molecule has 2 aliphatic rings. The third kappa shape index (κ3) is 5.93. The standard InChI is InChI=1S/C20H32O5/c1-3-23-19(22)9-7-5-4-6-8-18(21)11-10-17-12-13-20(16(17)2)24-14-15-25-20/h10-11,16-17H,3-9,12-15H2,1-2H3/b11-10+/t16-,17+/m1/s1. The van der Waals surface area contributed by atoms with Crippen LogP contribution in [0.1, 0.15) is 65.2 Å². The Morgan fingerprint density at radius 2 is 1.80 bits per heavy atom. The highest BCUT2D eigenvalue weighted by Gasteiger charge is 2.49. The average Bonchev–Trinajstić information content (AvgIpc) is 3.19. The molecule has 5 nitrogen and oxygen atoms in total. The van der Waals surface area contributed by atoms with Crippen molar-refractivity contribution in [2.45, 2.75) is 71.0 Å². The molecular weight excluding hydrogens is 320 g/mol. The van der Waals surface area contributed by atoms with Crippen LogP contribution < -0.4 is 0 Å². The molecular formula is C20H32O5. The number of esters is 1. The van der Waals surface area contributed by atoms with E-state index in [4.69, 9.17) is 14.2 Å². The number of carbonyl (C=O) groups excluding carboxylic acids is 2. The quantitative estimate of drug-likeness (QED) is 0.340. The van der Waals surface area contributed by atoms with Gasteiger partial charge in [-0.25, -0.2) is 0 Å². The second-order valence-corrected chi connectivity index (χ2v) is 7.04. The molecule has 2 atom stereocenters. The lowest BCUT2D eigenvalue weighted by atomic mass is 9.94. The van der Waals surface area contributed by atoms with Gasteiger partial charge in [-0.3, -0.25) is 9.59 Å². The van der Waals surface area contributed by atoms with E-state index in [1.54, 1.807) is 6.08 Å². The van der Waals surface area contributed by atoms with Crippen molar-refractivity contribution in [3.8, 4) is 0 Å². The number of ether oxygens (including phenoxy) is 3. The van der Waals surface area contributed by atoms with Crippen LogP contribution in [0, 0.1) is 11.8 Å². The highest BCUT2D eigenvalue weighted by molar-refractivity contribution is 5.89. The Morgan fingerprint density at radius 1 is 1.12 bits per heavy atom. The molecule has 1 saturated heterocycles. The summed E-state index contributed by atoms with van der Waals surface area (Å²) in [6, 6.07) is 0. The lowest BCUT2D eigenvalue weighted by molar-refractivity contribution is -0.180. The van der Waals surface area contributed by atoms with Crippen LogP contribution in [-0.2, 0) is 23.8 Å². The van der Waals surface area contributed by atoms with Gasteiger partial charge >= 0.3 is 5.97 Å². The van der Waals surface area contributed by atoms with E-state index in [0.29, 0.717) is 44.5 Å². The van der Waals surface area contributed by atoms with E-state index in [9.17, 15) is 9.59 Å². The topological polar surface area (TPSA) is 61.8 Å². The fourth-order valence-electron chi connectivity index (χ4n) is 3.78. The van der Waals surface area contributed by atoms with Gasteiger partial charge in [-0.2, -0.15) is 0 Å². The molecule has 0 aromatic rings. The van der Waals surface area contributed by atoms with Crippen molar-refractivity contribution < 1.29 is 23.8 Å². The number of rotatable bonds is 10. The van der Waals surface area contributed by atoms with Crippen LogP contribution in [-0.4, -0.2) is 37.4 Å². The number of allylic oxidation sites excluding steroid dienone is 2. The number of unbranched alkanes of at least 4 members (excludes halogenated alkanes) is 3. The summed E-state index contributed by atoms with van der Waals surface area (Å²) in [6.07, 6.45) is 10.4. The van der Waals surface area contributed by atoms with Crippen LogP contribution in [0.2, 0.25) is 0 Å². The Bertz CT molecular complexity index is 465. The summed E-state index contributed by atoms with van der Waals surface area (Å²) >= 11 is 0. The Morgan fingerprint density at radius 3 is 2.48 bits per heavy atom. The van der Waals surface area contributed by atoms with Crippen LogP contribution in [0.15, 0.2) is 12.2 Å². The van der Waals surface area contributed by atoms with E-state index in [0.717, 1.165) is 38.5 Å². The Kier molecular flexibility index (Phi) is 8.10. The van der Waals surface area contributed by atoms with E-state index in [-0.39, 0.29) is 11.8 Å². The van der Waals surface area contributed by atoms with Crippen LogP contribution >= 0.6 is 0 Å². The number of ketones is 1. The second kappa shape index (κ2) is 10.1. The van der Waals surface area contributed by atoms with Gasteiger partial charge in [0.25, 0.3) is 0 Å². The largest absolute Gasteiger partial charge is 0.466 e. The molecule has 0 aromatic heterocycles. The maximum absolute atomic E-state index is 12.0. The molecule has 2 rings (SSSR count). The molecule has 1 spiro atoms. The third-order valence-corrected chi connectivity index (χ3v) is 5.33. The molecule has 1 aliphatic heterocycles. The maximum Gasteiger partial charge on any atom is 0.305 e. The molecule has 1 aliphatic carbocycles. The van der Waals surface area contributed by atoms with Crippen LogP contribution in [0.5, 0.6) is 0 Å². The molecule has 25 heavy (non-hydrogen) atoms. The predicted octanol–water partition coefficient (Wildman–Crippen LogP) is 3.80. The Labute approximate surface area is 151 Å². The molecule has 0 bridgehead atoms. The summed E-state index contributed by atoms with van der Waals surface area (Å²) < 4.78 is 16.5. The van der Waals surface area contributed by atoms with Gasteiger partial charge in [-0.1, -0.05) is 25.8 Å². The van der Waals surface area contributed by atoms with Crippen molar-refractivity contribution in [1.82, 2.24) is 0 Å². The third-order valence-electron chi connectivity index (χ3n) is 5.33. The van der Waals surface area contributed by atoms with E-state index in [1.807, 2.05) is 13.0 Å². The number of hydrogen-bond donors (Lipinski definition) is 0. The van der Waals surface area contributed by atoms with Crippen molar-refractivity contribution in [1.29, 1.82) is 0 Å². The molecule has 5 heteroatoms. The minimum atomic E-state index is -0.406. The van der Waals surface area contributed by atoms with Gasteiger partial charge in [0.2, 0.25) is 0 Å². The van der Waals surface area contributed by atoms with Crippen molar-refractivity contribution in [3.05, 3.63) is 12.2 Å². The first-order valence-electron chi connectivity index (χ1n) is 9.72. The zero-order valence-electron chi connectivity index (χ0n) is 15.6. The molecule has 142 valence electrons. The number of carbonyl (C=O) groups is 2. The van der Waals surface area contributed by atoms with Crippen LogP contribution in [0.25, 0.3) is 0 Å². The highest BCUT2D eigenvalue weighted by Crippen LogP contribution is 2.46.